The molecule has 0 radical (unpaired) electrons. The van der Waals surface area contributed by atoms with Gasteiger partial charge in [-0.25, -0.2) is 0 Å². The minimum Gasteiger partial charge on any atom is -0.456 e. The fourth-order valence-corrected chi connectivity index (χ4v) is 4.22. The zero-order valence-corrected chi connectivity index (χ0v) is 19.1. The fraction of sp³-hybridized carbons (Fsp3) is 0.125. The van der Waals surface area contributed by atoms with Crippen LogP contribution in [0.2, 0.25) is 5.02 Å². The van der Waals surface area contributed by atoms with Crippen molar-refractivity contribution in [2.24, 2.45) is 5.73 Å². The molecular formula is C24H17BrClN3O3. The van der Waals surface area contributed by atoms with E-state index in [0.717, 1.165) is 10.0 Å². The molecule has 32 heavy (non-hydrogen) atoms. The predicted molar refractivity (Wildman–Crippen MR) is 125 cm³/mol. The van der Waals surface area contributed by atoms with Crippen molar-refractivity contribution in [1.82, 2.24) is 0 Å². The van der Waals surface area contributed by atoms with E-state index in [1.165, 1.54) is 0 Å². The number of ether oxygens (including phenoxy) is 1. The molecule has 1 fully saturated rings. The van der Waals surface area contributed by atoms with Crippen molar-refractivity contribution in [2.75, 3.05) is 11.4 Å². The van der Waals surface area contributed by atoms with E-state index in [1.54, 1.807) is 59.5 Å². The maximum absolute atomic E-state index is 12.8. The third kappa shape index (κ3) is 4.47. The van der Waals surface area contributed by atoms with Crippen LogP contribution in [0.25, 0.3) is 0 Å². The number of nitrogens with zero attached hydrogens (tertiary/aromatic N) is 2. The quantitative estimate of drug-likeness (QED) is 0.498. The van der Waals surface area contributed by atoms with Gasteiger partial charge in [0.1, 0.15) is 17.6 Å². The molecule has 1 saturated heterocycles. The lowest BCUT2D eigenvalue weighted by molar-refractivity contribution is -0.117. The van der Waals surface area contributed by atoms with Gasteiger partial charge in [-0.1, -0.05) is 39.7 Å². The first-order valence-electron chi connectivity index (χ1n) is 9.73. The van der Waals surface area contributed by atoms with Gasteiger partial charge < -0.3 is 15.4 Å². The van der Waals surface area contributed by atoms with Gasteiger partial charge in [-0.2, -0.15) is 5.26 Å². The molecule has 3 aromatic carbocycles. The fourth-order valence-electron chi connectivity index (χ4n) is 3.72. The van der Waals surface area contributed by atoms with Gasteiger partial charge in [0.05, 0.1) is 5.56 Å². The Balaban J connectivity index is 1.66. The Hall–Kier alpha value is -3.34. The number of primary amides is 1. The summed E-state index contributed by atoms with van der Waals surface area (Å²) in [5.74, 6) is 0.0894. The Bertz CT molecular complexity index is 1270. The zero-order valence-electron chi connectivity index (χ0n) is 16.7. The number of halogens is 2. The Kier molecular flexibility index (Phi) is 6.17. The summed E-state index contributed by atoms with van der Waals surface area (Å²) < 4.78 is 6.87. The Morgan fingerprint density at radius 1 is 1.16 bits per heavy atom. The van der Waals surface area contributed by atoms with Crippen LogP contribution in [0.4, 0.5) is 5.69 Å². The Morgan fingerprint density at radius 3 is 2.72 bits per heavy atom. The molecule has 1 aliphatic heterocycles. The first-order chi connectivity index (χ1) is 15.4. The molecule has 1 atom stereocenters. The summed E-state index contributed by atoms with van der Waals surface area (Å²) in [6.07, 6.45) is 0.266. The molecule has 160 valence electrons. The second-order valence-electron chi connectivity index (χ2n) is 7.36. The van der Waals surface area contributed by atoms with Crippen molar-refractivity contribution in [3.63, 3.8) is 0 Å². The molecule has 1 unspecified atom stereocenters. The van der Waals surface area contributed by atoms with Gasteiger partial charge in [0.2, 0.25) is 11.8 Å². The number of amides is 2. The smallest absolute Gasteiger partial charge is 0.248 e. The average Bonchev–Trinajstić information content (AvgIpc) is 3.15. The third-order valence-corrected chi connectivity index (χ3v) is 6.00. The van der Waals surface area contributed by atoms with Crippen LogP contribution < -0.4 is 15.4 Å². The molecule has 1 heterocycles. The minimum atomic E-state index is -0.550. The van der Waals surface area contributed by atoms with Gasteiger partial charge in [-0.3, -0.25) is 9.59 Å². The van der Waals surface area contributed by atoms with Crippen LogP contribution in [0, 0.1) is 11.3 Å². The molecule has 0 bridgehead atoms. The molecule has 2 N–H and O–H groups in total. The second-order valence-corrected chi connectivity index (χ2v) is 8.71. The van der Waals surface area contributed by atoms with Gasteiger partial charge in [0.25, 0.3) is 0 Å². The zero-order chi connectivity index (χ0) is 22.8. The maximum Gasteiger partial charge on any atom is 0.248 e. The molecule has 0 aromatic heterocycles. The standard InChI is InChI=1S/C24H17BrClN3O3/c25-17-5-4-15(12-27)21(10-17)32-22-11-18(26)6-7-20(22)16-9-23(30)29(13-16)19-3-1-2-14(8-19)24(28)31/h1-8,10-11,16H,9,13H2,(H2,28,31). The molecule has 0 saturated carbocycles. The maximum atomic E-state index is 12.8. The second kappa shape index (κ2) is 9.03. The topological polar surface area (TPSA) is 96.4 Å². The highest BCUT2D eigenvalue weighted by Gasteiger charge is 2.33. The van der Waals surface area contributed by atoms with E-state index in [1.807, 2.05) is 6.07 Å². The summed E-state index contributed by atoms with van der Waals surface area (Å²) in [6, 6.07) is 19.2. The number of hydrogen-bond acceptors (Lipinski definition) is 4. The minimum absolute atomic E-state index is 0.0716. The highest BCUT2D eigenvalue weighted by Crippen LogP contribution is 2.40. The molecule has 1 aliphatic rings. The van der Waals surface area contributed by atoms with Crippen LogP contribution in [0.1, 0.15) is 33.8 Å². The van der Waals surface area contributed by atoms with Crippen LogP contribution in [0.5, 0.6) is 11.5 Å². The summed E-state index contributed by atoms with van der Waals surface area (Å²) >= 11 is 9.62. The van der Waals surface area contributed by atoms with Crippen LogP contribution in [-0.2, 0) is 4.79 Å². The first kappa shape index (κ1) is 21.9. The molecule has 6 nitrogen and oxygen atoms in total. The summed E-state index contributed by atoms with van der Waals surface area (Å²) in [6.45, 7) is 0.405. The van der Waals surface area contributed by atoms with E-state index < -0.39 is 5.91 Å². The number of benzene rings is 3. The lowest BCUT2D eigenvalue weighted by atomic mass is 9.97. The van der Waals surface area contributed by atoms with Crippen molar-refractivity contribution in [2.45, 2.75) is 12.3 Å². The SMILES string of the molecule is N#Cc1ccc(Br)cc1Oc1cc(Cl)ccc1C1CC(=O)N(c2cccc(C(N)=O)c2)C1. The van der Waals surface area contributed by atoms with Gasteiger partial charge in [-0.05, 0) is 48.5 Å². The highest BCUT2D eigenvalue weighted by atomic mass is 79.9. The number of hydrogen-bond donors (Lipinski definition) is 1. The number of nitrogens with two attached hydrogens (primary N) is 1. The van der Waals surface area contributed by atoms with E-state index in [0.29, 0.717) is 39.9 Å². The van der Waals surface area contributed by atoms with Crippen molar-refractivity contribution in [1.29, 1.82) is 5.26 Å². The molecule has 3 aromatic rings. The number of nitriles is 1. The molecular weight excluding hydrogens is 494 g/mol. The number of carbonyl (C=O) groups excluding carboxylic acids is 2. The van der Waals surface area contributed by atoms with Crippen LogP contribution in [-0.4, -0.2) is 18.4 Å². The lowest BCUT2D eigenvalue weighted by Gasteiger charge is -2.19. The summed E-state index contributed by atoms with van der Waals surface area (Å²) in [5.41, 5.74) is 7.52. The van der Waals surface area contributed by atoms with Crippen LogP contribution in [0.15, 0.2) is 65.1 Å². The first-order valence-corrected chi connectivity index (χ1v) is 10.9. The lowest BCUT2D eigenvalue weighted by Crippen LogP contribution is -2.24. The number of rotatable bonds is 5. The largest absolute Gasteiger partial charge is 0.456 e. The van der Waals surface area contributed by atoms with Gasteiger partial charge in [0.15, 0.2) is 0 Å². The van der Waals surface area contributed by atoms with Crippen molar-refractivity contribution >= 4 is 45.0 Å². The molecule has 2 amide bonds. The highest BCUT2D eigenvalue weighted by molar-refractivity contribution is 9.10. The predicted octanol–water partition coefficient (Wildman–Crippen LogP) is 5.39. The monoisotopic (exact) mass is 509 g/mol. The van der Waals surface area contributed by atoms with Gasteiger partial charge >= 0.3 is 0 Å². The molecule has 8 heteroatoms. The van der Waals surface area contributed by atoms with E-state index in [9.17, 15) is 14.9 Å². The molecule has 0 spiro atoms. The van der Waals surface area contributed by atoms with Crippen molar-refractivity contribution in [3.8, 4) is 17.6 Å². The summed E-state index contributed by atoms with van der Waals surface area (Å²) in [5, 5.41) is 9.90. The van der Waals surface area contributed by atoms with Gasteiger partial charge in [0, 0.05) is 45.2 Å². The average molecular weight is 511 g/mol. The number of carbonyl (C=O) groups is 2. The normalized spacial score (nSPS) is 15.5. The van der Waals surface area contributed by atoms with E-state index in [2.05, 4.69) is 22.0 Å². The Labute approximate surface area is 198 Å². The van der Waals surface area contributed by atoms with Crippen LogP contribution in [0.3, 0.4) is 0 Å². The van der Waals surface area contributed by atoms with E-state index in [4.69, 9.17) is 22.1 Å². The summed E-state index contributed by atoms with van der Waals surface area (Å²) in [7, 11) is 0. The third-order valence-electron chi connectivity index (χ3n) is 5.27. The van der Waals surface area contributed by atoms with Crippen LogP contribution >= 0.6 is 27.5 Å². The van der Waals surface area contributed by atoms with Gasteiger partial charge in [-0.15, -0.1) is 0 Å². The van der Waals surface area contributed by atoms with Crippen molar-refractivity contribution in [3.05, 3.63) is 86.8 Å². The van der Waals surface area contributed by atoms with E-state index >= 15 is 0 Å². The Morgan fingerprint density at radius 2 is 1.97 bits per heavy atom. The number of anilines is 1. The summed E-state index contributed by atoms with van der Waals surface area (Å²) in [4.78, 5) is 26.0. The van der Waals surface area contributed by atoms with Crippen molar-refractivity contribution < 1.29 is 14.3 Å². The van der Waals surface area contributed by atoms with E-state index in [-0.39, 0.29) is 18.2 Å². The molecule has 0 aliphatic carbocycles. The molecule has 4 rings (SSSR count).